The number of hydrogen-bond acceptors (Lipinski definition) is 6. The zero-order chi connectivity index (χ0) is 20.3. The lowest BCUT2D eigenvalue weighted by atomic mass is 10.1. The number of nitrogens with one attached hydrogen (secondary N) is 1. The highest BCUT2D eigenvalue weighted by atomic mass is 16.5. The van der Waals surface area contributed by atoms with E-state index in [-0.39, 0.29) is 0 Å². The van der Waals surface area contributed by atoms with Crippen LogP contribution in [0.15, 0.2) is 42.6 Å². The Balaban J connectivity index is 1.41. The minimum Gasteiger partial charge on any atom is -0.439 e. The van der Waals surface area contributed by atoms with Crippen molar-refractivity contribution in [1.82, 2.24) is 14.8 Å². The molecule has 1 aromatic carbocycles. The Labute approximate surface area is 175 Å². The summed E-state index contributed by atoms with van der Waals surface area (Å²) in [6, 6.07) is 13.5. The summed E-state index contributed by atoms with van der Waals surface area (Å²) < 4.78 is 14.0. The van der Waals surface area contributed by atoms with Crippen molar-refractivity contribution in [2.24, 2.45) is 0 Å². The Morgan fingerprint density at radius 2 is 2.07 bits per heavy atom. The van der Waals surface area contributed by atoms with Crippen LogP contribution in [0.3, 0.4) is 0 Å². The summed E-state index contributed by atoms with van der Waals surface area (Å²) in [7, 11) is 0. The van der Waals surface area contributed by atoms with E-state index in [9.17, 15) is 0 Å². The van der Waals surface area contributed by atoms with Crippen molar-refractivity contribution in [3.05, 3.63) is 59.4 Å². The summed E-state index contributed by atoms with van der Waals surface area (Å²) in [6.07, 6.45) is 6.78. The van der Waals surface area contributed by atoms with E-state index in [0.29, 0.717) is 23.2 Å². The van der Waals surface area contributed by atoms with Gasteiger partial charge in [0.25, 0.3) is 0 Å². The number of benzene rings is 1. The van der Waals surface area contributed by atoms with Crippen LogP contribution in [0.2, 0.25) is 0 Å². The van der Waals surface area contributed by atoms with E-state index in [2.05, 4.69) is 21.1 Å². The van der Waals surface area contributed by atoms with Crippen LogP contribution in [0, 0.1) is 11.3 Å². The second-order valence-corrected chi connectivity index (χ2v) is 7.67. The van der Waals surface area contributed by atoms with Crippen LogP contribution >= 0.6 is 0 Å². The number of aromatic nitrogens is 3. The maximum absolute atomic E-state index is 9.10. The van der Waals surface area contributed by atoms with Crippen LogP contribution in [0.25, 0.3) is 0 Å². The minimum atomic E-state index is 0.313. The summed E-state index contributed by atoms with van der Waals surface area (Å²) >= 11 is 0. The van der Waals surface area contributed by atoms with Gasteiger partial charge in [-0.3, -0.25) is 0 Å². The van der Waals surface area contributed by atoms with Crippen molar-refractivity contribution in [3.8, 4) is 17.7 Å². The van der Waals surface area contributed by atoms with Crippen LogP contribution in [-0.4, -0.2) is 28.0 Å². The van der Waals surface area contributed by atoms with Gasteiger partial charge in [0.15, 0.2) is 0 Å². The summed E-state index contributed by atoms with van der Waals surface area (Å²) in [5.74, 6) is 2.24. The van der Waals surface area contributed by atoms with Gasteiger partial charge in [0, 0.05) is 36.7 Å². The molecule has 0 saturated carbocycles. The molecule has 0 atom stereocenters. The smallest absolute Gasteiger partial charge is 0.221 e. The van der Waals surface area contributed by atoms with Gasteiger partial charge in [-0.2, -0.15) is 10.4 Å². The molecule has 7 heteroatoms. The first-order valence-electron chi connectivity index (χ1n) is 10.4. The maximum atomic E-state index is 9.10. The number of ether oxygens (including phenoxy) is 2. The first kappa shape index (κ1) is 18.6. The van der Waals surface area contributed by atoms with Gasteiger partial charge in [0.2, 0.25) is 5.88 Å². The molecule has 2 aromatic heterocycles. The molecule has 0 bridgehead atoms. The summed E-state index contributed by atoms with van der Waals surface area (Å²) in [6.45, 7) is 1.53. The third-order valence-corrected chi connectivity index (χ3v) is 5.63. The van der Waals surface area contributed by atoms with E-state index in [1.807, 2.05) is 24.3 Å². The molecule has 1 N–H and O–H groups in total. The van der Waals surface area contributed by atoms with E-state index >= 15 is 0 Å². The quantitative estimate of drug-likeness (QED) is 0.676. The number of nitriles is 1. The highest BCUT2D eigenvalue weighted by Crippen LogP contribution is 2.38. The Kier molecular flexibility index (Phi) is 5.08. The number of fused-ring (bicyclic) bond motifs is 1. The predicted molar refractivity (Wildman–Crippen MR) is 112 cm³/mol. The molecular formula is C23H23N5O2. The topological polar surface area (TPSA) is 85.0 Å². The molecule has 7 nitrogen and oxygen atoms in total. The van der Waals surface area contributed by atoms with Gasteiger partial charge < -0.3 is 14.8 Å². The largest absolute Gasteiger partial charge is 0.439 e. The number of aryl methyl sites for hydroxylation is 1. The number of rotatable bonds is 5. The lowest BCUT2D eigenvalue weighted by Gasteiger charge is -2.24. The Bertz CT molecular complexity index is 1100. The second kappa shape index (κ2) is 8.17. The van der Waals surface area contributed by atoms with E-state index < -0.39 is 0 Å². The molecule has 1 aliphatic heterocycles. The normalized spacial score (nSPS) is 16.1. The van der Waals surface area contributed by atoms with E-state index in [4.69, 9.17) is 19.8 Å². The van der Waals surface area contributed by atoms with E-state index in [1.54, 1.807) is 18.3 Å². The zero-order valence-corrected chi connectivity index (χ0v) is 16.7. The number of hydrogen-bond donors (Lipinski definition) is 1. The predicted octanol–water partition coefficient (Wildman–Crippen LogP) is 4.53. The fourth-order valence-electron chi connectivity index (χ4n) is 4.14. The number of nitrogens with zero attached hydrogens (tertiary/aromatic N) is 4. The van der Waals surface area contributed by atoms with Gasteiger partial charge in [-0.05, 0) is 56.4 Å². The first-order valence-corrected chi connectivity index (χ1v) is 10.4. The van der Waals surface area contributed by atoms with Crippen molar-refractivity contribution in [2.75, 3.05) is 18.5 Å². The van der Waals surface area contributed by atoms with Crippen molar-refractivity contribution in [1.29, 1.82) is 5.26 Å². The molecule has 152 valence electrons. The van der Waals surface area contributed by atoms with Gasteiger partial charge in [-0.25, -0.2) is 9.67 Å². The first-order chi connectivity index (χ1) is 14.8. The van der Waals surface area contributed by atoms with E-state index in [0.717, 1.165) is 62.6 Å². The lowest BCUT2D eigenvalue weighted by molar-refractivity contribution is 0.0641. The number of anilines is 2. The molecule has 1 saturated heterocycles. The van der Waals surface area contributed by atoms with Gasteiger partial charge in [-0.1, -0.05) is 6.07 Å². The zero-order valence-electron chi connectivity index (χ0n) is 16.7. The monoisotopic (exact) mass is 401 g/mol. The number of pyridine rings is 1. The summed E-state index contributed by atoms with van der Waals surface area (Å²) in [5.41, 5.74) is 3.81. The van der Waals surface area contributed by atoms with Gasteiger partial charge in [0.1, 0.15) is 11.6 Å². The van der Waals surface area contributed by atoms with Crippen molar-refractivity contribution in [3.63, 3.8) is 0 Å². The van der Waals surface area contributed by atoms with E-state index in [1.165, 1.54) is 5.56 Å². The fourth-order valence-corrected chi connectivity index (χ4v) is 4.14. The SMILES string of the molecule is N#Cc1cccc(Nc2cc(Oc3c4c(nn3C3CCOCC3)CCC4)ccn2)c1. The maximum Gasteiger partial charge on any atom is 0.221 e. The molecule has 0 radical (unpaired) electrons. The molecule has 5 rings (SSSR count). The second-order valence-electron chi connectivity index (χ2n) is 7.67. The van der Waals surface area contributed by atoms with Crippen LogP contribution < -0.4 is 10.1 Å². The fraction of sp³-hybridized carbons (Fsp3) is 0.348. The van der Waals surface area contributed by atoms with Crippen molar-refractivity contribution >= 4 is 11.5 Å². The molecule has 0 unspecified atom stereocenters. The molecule has 0 amide bonds. The Morgan fingerprint density at radius 1 is 1.17 bits per heavy atom. The van der Waals surface area contributed by atoms with Crippen molar-refractivity contribution < 1.29 is 9.47 Å². The van der Waals surface area contributed by atoms with Crippen molar-refractivity contribution in [2.45, 2.75) is 38.1 Å². The Hall–Kier alpha value is -3.37. The van der Waals surface area contributed by atoms with Gasteiger partial charge in [0.05, 0.1) is 23.4 Å². The molecule has 3 heterocycles. The molecule has 3 aromatic rings. The molecule has 2 aliphatic rings. The molecule has 30 heavy (non-hydrogen) atoms. The average Bonchev–Trinajstić information content (AvgIpc) is 3.37. The third kappa shape index (κ3) is 3.74. The van der Waals surface area contributed by atoms with Crippen LogP contribution in [0.1, 0.15) is 42.1 Å². The summed E-state index contributed by atoms with van der Waals surface area (Å²) in [4.78, 5) is 4.39. The molecular weight excluding hydrogens is 378 g/mol. The van der Waals surface area contributed by atoms with Crippen LogP contribution in [0.4, 0.5) is 11.5 Å². The van der Waals surface area contributed by atoms with Crippen LogP contribution in [-0.2, 0) is 17.6 Å². The Morgan fingerprint density at radius 3 is 2.93 bits per heavy atom. The standard InChI is InChI=1S/C23H23N5O2/c24-15-16-3-1-4-17(13-16)26-22-14-19(7-10-25-22)30-23-20-5-2-6-21(20)27-28(23)18-8-11-29-12-9-18/h1,3-4,7,10,13-14,18H,2,5-6,8-9,11-12H2,(H,25,26). The highest BCUT2D eigenvalue weighted by molar-refractivity contribution is 5.59. The molecule has 1 aliphatic carbocycles. The lowest BCUT2D eigenvalue weighted by Crippen LogP contribution is -2.21. The van der Waals surface area contributed by atoms with Gasteiger partial charge >= 0.3 is 0 Å². The third-order valence-electron chi connectivity index (χ3n) is 5.63. The van der Waals surface area contributed by atoms with Crippen LogP contribution in [0.5, 0.6) is 11.6 Å². The minimum absolute atomic E-state index is 0.313. The summed E-state index contributed by atoms with van der Waals surface area (Å²) in [5, 5.41) is 17.2. The highest BCUT2D eigenvalue weighted by Gasteiger charge is 2.28. The van der Waals surface area contributed by atoms with Gasteiger partial charge in [-0.15, -0.1) is 0 Å². The molecule has 0 spiro atoms. The molecule has 1 fully saturated rings. The average molecular weight is 401 g/mol.